The number of piperidine rings is 1. The number of hydrogen-bond donors (Lipinski definition) is 1. The molecular weight excluding hydrogens is 495 g/mol. The highest BCUT2D eigenvalue weighted by Gasteiger charge is 2.33. The fourth-order valence-corrected chi connectivity index (χ4v) is 5.37. The van der Waals surface area contributed by atoms with Crippen LogP contribution < -0.4 is 5.32 Å². The number of nitrogens with one attached hydrogen (secondary N) is 1. The van der Waals surface area contributed by atoms with E-state index in [9.17, 15) is 12.8 Å². The van der Waals surface area contributed by atoms with Crippen LogP contribution in [0.4, 0.5) is 10.2 Å². The highest BCUT2D eigenvalue weighted by molar-refractivity contribution is 7.88. The molecule has 1 N–H and O–H groups in total. The van der Waals surface area contributed by atoms with Crippen LogP contribution in [0.5, 0.6) is 0 Å². The van der Waals surface area contributed by atoms with Gasteiger partial charge in [-0.2, -0.15) is 14.5 Å². The molecular formula is C25H29FN8O2S. The van der Waals surface area contributed by atoms with Crippen molar-refractivity contribution in [3.05, 3.63) is 55.2 Å². The Morgan fingerprint density at radius 1 is 1.03 bits per heavy atom. The Kier molecular flexibility index (Phi) is 6.78. The first-order chi connectivity index (χ1) is 17.7. The summed E-state index contributed by atoms with van der Waals surface area (Å²) in [5, 5.41) is 11.8. The van der Waals surface area contributed by atoms with Crippen LogP contribution in [0, 0.1) is 5.92 Å². The standard InChI is InChI=1S/C25H29FN8O2S/c1-32-14-20(11-29-32)17-5-4-6-18(9-17)24-28-13-22(21-12-30-33(2)15-21)25(31-24)27-10-19-7-8-34(16-23(19)26)37(3,35)36/h4-6,9,11-15,19,23H,7-8,10,16H2,1-3H3,(H,27,28,31). The SMILES string of the molecule is Cn1cc(-c2cccc(-c3ncc(-c4cnn(C)c4)c(NCC4CCN(S(C)(=O)=O)CC4F)n3)c2)cn1. The van der Waals surface area contributed by atoms with Gasteiger partial charge in [0.05, 0.1) is 18.6 Å². The summed E-state index contributed by atoms with van der Waals surface area (Å²) in [6.07, 6.45) is 9.37. The zero-order valence-electron chi connectivity index (χ0n) is 20.9. The molecule has 0 amide bonds. The highest BCUT2D eigenvalue weighted by Crippen LogP contribution is 2.31. The van der Waals surface area contributed by atoms with Crippen molar-refractivity contribution in [2.45, 2.75) is 12.6 Å². The van der Waals surface area contributed by atoms with Gasteiger partial charge in [0.1, 0.15) is 12.0 Å². The molecule has 10 nitrogen and oxygen atoms in total. The molecule has 2 atom stereocenters. The average molecular weight is 525 g/mol. The van der Waals surface area contributed by atoms with Gasteiger partial charge in [-0.15, -0.1) is 0 Å². The van der Waals surface area contributed by atoms with E-state index in [4.69, 9.17) is 4.98 Å². The molecule has 1 aliphatic heterocycles. The van der Waals surface area contributed by atoms with E-state index in [2.05, 4.69) is 20.5 Å². The maximum Gasteiger partial charge on any atom is 0.211 e. The largest absolute Gasteiger partial charge is 0.369 e. The van der Waals surface area contributed by atoms with Crippen LogP contribution in [0.25, 0.3) is 33.6 Å². The number of hydrogen-bond acceptors (Lipinski definition) is 7. The summed E-state index contributed by atoms with van der Waals surface area (Å²) in [7, 11) is 0.295. The fraction of sp³-hybridized carbons (Fsp3) is 0.360. The van der Waals surface area contributed by atoms with Crippen LogP contribution in [0.1, 0.15) is 6.42 Å². The lowest BCUT2D eigenvalue weighted by Crippen LogP contribution is -2.46. The third-order valence-corrected chi connectivity index (χ3v) is 7.87. The van der Waals surface area contributed by atoms with Crippen molar-refractivity contribution >= 4 is 15.8 Å². The van der Waals surface area contributed by atoms with Gasteiger partial charge in [0, 0.05) is 80.5 Å². The first kappa shape index (κ1) is 25.0. The summed E-state index contributed by atoms with van der Waals surface area (Å²) in [4.78, 5) is 9.45. The van der Waals surface area contributed by atoms with Gasteiger partial charge in [-0.3, -0.25) is 9.36 Å². The van der Waals surface area contributed by atoms with Crippen LogP contribution in [0.3, 0.4) is 0 Å². The number of nitrogens with zero attached hydrogens (tertiary/aromatic N) is 7. The molecule has 5 rings (SSSR count). The third-order valence-electron chi connectivity index (χ3n) is 6.60. The van der Waals surface area contributed by atoms with Gasteiger partial charge in [0.25, 0.3) is 0 Å². The van der Waals surface area contributed by atoms with E-state index >= 15 is 0 Å². The molecule has 37 heavy (non-hydrogen) atoms. The van der Waals surface area contributed by atoms with Crippen LogP contribution in [0.15, 0.2) is 55.2 Å². The number of aryl methyl sites for hydroxylation is 2. The molecule has 0 saturated carbocycles. The maximum absolute atomic E-state index is 14.9. The predicted molar refractivity (Wildman–Crippen MR) is 140 cm³/mol. The minimum absolute atomic E-state index is 0.128. The zero-order chi connectivity index (χ0) is 26.2. The van der Waals surface area contributed by atoms with Crippen LogP contribution in [0.2, 0.25) is 0 Å². The van der Waals surface area contributed by atoms with Crippen LogP contribution in [-0.4, -0.2) is 74.3 Å². The number of alkyl halides is 1. The number of rotatable bonds is 7. The minimum Gasteiger partial charge on any atom is -0.369 e. The Labute approximate surface area is 215 Å². The molecule has 1 saturated heterocycles. The first-order valence-corrected chi connectivity index (χ1v) is 13.8. The van der Waals surface area contributed by atoms with Crippen molar-refractivity contribution in [2.24, 2.45) is 20.0 Å². The van der Waals surface area contributed by atoms with E-state index in [-0.39, 0.29) is 12.5 Å². The van der Waals surface area contributed by atoms with E-state index in [0.717, 1.165) is 34.1 Å². The van der Waals surface area contributed by atoms with Crippen LogP contribution >= 0.6 is 0 Å². The van der Waals surface area contributed by atoms with Crippen molar-refractivity contribution in [2.75, 3.05) is 31.2 Å². The molecule has 0 bridgehead atoms. The second-order valence-electron chi connectivity index (χ2n) is 9.41. The van der Waals surface area contributed by atoms with Crippen molar-refractivity contribution in [1.82, 2.24) is 33.8 Å². The molecule has 3 aromatic heterocycles. The summed E-state index contributed by atoms with van der Waals surface area (Å²) in [6.45, 7) is 0.492. The molecule has 1 aliphatic rings. The lowest BCUT2D eigenvalue weighted by atomic mass is 9.96. The molecule has 0 radical (unpaired) electrons. The molecule has 1 aromatic carbocycles. The summed E-state index contributed by atoms with van der Waals surface area (Å²) in [5.41, 5.74) is 4.42. The topological polar surface area (TPSA) is 111 Å². The second kappa shape index (κ2) is 10.0. The Bertz CT molecular complexity index is 1520. The first-order valence-electron chi connectivity index (χ1n) is 12.0. The average Bonchev–Trinajstić information content (AvgIpc) is 3.50. The van der Waals surface area contributed by atoms with Crippen LogP contribution in [-0.2, 0) is 24.1 Å². The summed E-state index contributed by atoms with van der Waals surface area (Å²) < 4.78 is 43.2. The Hall–Kier alpha value is -3.64. The molecule has 2 unspecified atom stereocenters. The quantitative estimate of drug-likeness (QED) is 0.396. The zero-order valence-corrected chi connectivity index (χ0v) is 21.7. The smallest absolute Gasteiger partial charge is 0.211 e. The van der Waals surface area contributed by atoms with Gasteiger partial charge in [0.2, 0.25) is 10.0 Å². The Morgan fingerprint density at radius 3 is 2.38 bits per heavy atom. The van der Waals surface area contributed by atoms with Crippen molar-refractivity contribution in [3.8, 4) is 33.6 Å². The second-order valence-corrected chi connectivity index (χ2v) is 11.4. The highest BCUT2D eigenvalue weighted by atomic mass is 32.2. The van der Waals surface area contributed by atoms with E-state index < -0.39 is 16.2 Å². The van der Waals surface area contributed by atoms with Gasteiger partial charge < -0.3 is 5.32 Å². The molecule has 1 fully saturated rings. The predicted octanol–water partition coefficient (Wildman–Crippen LogP) is 2.98. The van der Waals surface area contributed by atoms with E-state index in [1.165, 1.54) is 4.31 Å². The molecule has 0 spiro atoms. The van der Waals surface area contributed by atoms with Crippen molar-refractivity contribution in [3.63, 3.8) is 0 Å². The number of sulfonamides is 1. The van der Waals surface area contributed by atoms with Crippen molar-refractivity contribution < 1.29 is 12.8 Å². The van der Waals surface area contributed by atoms with Gasteiger partial charge in [-0.25, -0.2) is 22.8 Å². The summed E-state index contributed by atoms with van der Waals surface area (Å²) in [6, 6.07) is 7.92. The minimum atomic E-state index is -3.41. The Balaban J connectivity index is 1.42. The van der Waals surface area contributed by atoms with Gasteiger partial charge in [-0.1, -0.05) is 18.2 Å². The summed E-state index contributed by atoms with van der Waals surface area (Å²) in [5.74, 6) is 0.763. The molecule has 12 heteroatoms. The van der Waals surface area contributed by atoms with E-state index in [1.54, 1.807) is 28.0 Å². The maximum atomic E-state index is 14.9. The number of anilines is 1. The lowest BCUT2D eigenvalue weighted by molar-refractivity contribution is 0.140. The van der Waals surface area contributed by atoms with Crippen molar-refractivity contribution in [1.29, 1.82) is 0 Å². The molecule has 194 valence electrons. The number of benzene rings is 1. The van der Waals surface area contributed by atoms with E-state index in [0.29, 0.717) is 31.2 Å². The number of halogens is 1. The number of aromatic nitrogens is 6. The summed E-state index contributed by atoms with van der Waals surface area (Å²) >= 11 is 0. The Morgan fingerprint density at radius 2 is 1.73 bits per heavy atom. The van der Waals surface area contributed by atoms with Gasteiger partial charge in [0.15, 0.2) is 5.82 Å². The van der Waals surface area contributed by atoms with Gasteiger partial charge >= 0.3 is 0 Å². The monoisotopic (exact) mass is 524 g/mol. The van der Waals surface area contributed by atoms with E-state index in [1.807, 2.05) is 50.8 Å². The molecule has 4 aromatic rings. The third kappa shape index (κ3) is 5.54. The molecule has 4 heterocycles. The lowest BCUT2D eigenvalue weighted by Gasteiger charge is -2.33. The van der Waals surface area contributed by atoms with Gasteiger partial charge in [-0.05, 0) is 18.1 Å². The molecule has 0 aliphatic carbocycles. The fourth-order valence-electron chi connectivity index (χ4n) is 4.52. The normalized spacial score (nSPS) is 18.7.